The summed E-state index contributed by atoms with van der Waals surface area (Å²) in [5.41, 5.74) is 1.47. The topological polar surface area (TPSA) is 80.2 Å². The van der Waals surface area contributed by atoms with Crippen LogP contribution in [0.4, 0.5) is 5.69 Å². The van der Waals surface area contributed by atoms with Crippen LogP contribution in [0.15, 0.2) is 47.4 Å². The Hall–Kier alpha value is -2.89. The highest BCUT2D eigenvalue weighted by molar-refractivity contribution is 5.95. The molecule has 0 saturated carbocycles. The molecule has 0 radical (unpaired) electrons. The van der Waals surface area contributed by atoms with Crippen molar-refractivity contribution in [2.24, 2.45) is 7.05 Å². The van der Waals surface area contributed by atoms with Crippen molar-refractivity contribution in [2.75, 3.05) is 5.32 Å². The number of hydrogen-bond donors (Lipinski definition) is 2. The number of anilines is 1. The van der Waals surface area contributed by atoms with Gasteiger partial charge in [0.2, 0.25) is 5.91 Å². The van der Waals surface area contributed by atoms with Crippen LogP contribution in [0.25, 0.3) is 0 Å². The van der Waals surface area contributed by atoms with E-state index in [9.17, 15) is 14.4 Å². The smallest absolute Gasteiger partial charge is 0.255 e. The highest BCUT2D eigenvalue weighted by Gasteiger charge is 2.07. The third-order valence-electron chi connectivity index (χ3n) is 3.11. The van der Waals surface area contributed by atoms with Crippen LogP contribution in [0.1, 0.15) is 22.8 Å². The van der Waals surface area contributed by atoms with Crippen molar-refractivity contribution in [2.45, 2.75) is 13.5 Å². The van der Waals surface area contributed by atoms with Gasteiger partial charge in [-0.25, -0.2) is 0 Å². The summed E-state index contributed by atoms with van der Waals surface area (Å²) in [5.74, 6) is -0.447. The number of nitrogens with one attached hydrogen (secondary N) is 2. The molecule has 2 rings (SSSR count). The highest BCUT2D eigenvalue weighted by atomic mass is 16.2. The molecule has 0 saturated heterocycles. The van der Waals surface area contributed by atoms with Gasteiger partial charge in [0, 0.05) is 43.5 Å². The summed E-state index contributed by atoms with van der Waals surface area (Å²) in [6.45, 7) is 1.58. The number of hydrogen-bond acceptors (Lipinski definition) is 3. The monoisotopic (exact) mass is 299 g/mol. The van der Waals surface area contributed by atoms with Gasteiger partial charge in [0.05, 0.1) is 0 Å². The minimum atomic E-state index is -0.278. The van der Waals surface area contributed by atoms with Crippen LogP contribution in [0, 0.1) is 0 Å². The summed E-state index contributed by atoms with van der Waals surface area (Å²) in [6, 6.07) is 9.97. The molecule has 6 heteroatoms. The summed E-state index contributed by atoms with van der Waals surface area (Å²) in [6.07, 6.45) is 1.66. The maximum absolute atomic E-state index is 12.0. The van der Waals surface area contributed by atoms with Crippen molar-refractivity contribution in [3.63, 3.8) is 0 Å². The number of aryl methyl sites for hydroxylation is 1. The van der Waals surface area contributed by atoms with Crippen LogP contribution in [0.5, 0.6) is 0 Å². The first-order valence-corrected chi connectivity index (χ1v) is 6.78. The Morgan fingerprint density at radius 1 is 1.14 bits per heavy atom. The molecule has 2 aromatic rings. The summed E-state index contributed by atoms with van der Waals surface area (Å²) in [7, 11) is 1.66. The largest absolute Gasteiger partial charge is 0.348 e. The highest BCUT2D eigenvalue weighted by Crippen LogP contribution is 2.09. The molecule has 0 unspecified atom stereocenters. The molecule has 0 aliphatic rings. The Morgan fingerprint density at radius 2 is 1.82 bits per heavy atom. The van der Waals surface area contributed by atoms with Crippen molar-refractivity contribution in [3.05, 3.63) is 64.1 Å². The van der Waals surface area contributed by atoms with Crippen LogP contribution in [-0.2, 0) is 18.4 Å². The number of nitrogens with zero attached hydrogens (tertiary/aromatic N) is 1. The fourth-order valence-corrected chi connectivity index (χ4v) is 1.97. The SMILES string of the molecule is CC(=O)Nc1ccc(C(=O)NCc2cccn(C)c2=O)cc1. The molecule has 2 N–H and O–H groups in total. The van der Waals surface area contributed by atoms with Crippen LogP contribution in [0.3, 0.4) is 0 Å². The van der Waals surface area contributed by atoms with Crippen LogP contribution < -0.4 is 16.2 Å². The van der Waals surface area contributed by atoms with Gasteiger partial charge in [-0.05, 0) is 30.3 Å². The lowest BCUT2D eigenvalue weighted by Crippen LogP contribution is -2.28. The second-order valence-corrected chi connectivity index (χ2v) is 4.89. The number of carbonyl (C=O) groups is 2. The van der Waals surface area contributed by atoms with E-state index in [1.54, 1.807) is 49.6 Å². The molecule has 0 bridgehead atoms. The number of aromatic nitrogens is 1. The Bertz CT molecular complexity index is 748. The maximum Gasteiger partial charge on any atom is 0.255 e. The van der Waals surface area contributed by atoms with Crippen molar-refractivity contribution < 1.29 is 9.59 Å². The lowest BCUT2D eigenvalue weighted by molar-refractivity contribution is -0.114. The third-order valence-corrected chi connectivity index (χ3v) is 3.11. The molecule has 114 valence electrons. The first-order valence-electron chi connectivity index (χ1n) is 6.78. The van der Waals surface area contributed by atoms with Crippen molar-refractivity contribution >= 4 is 17.5 Å². The molecular formula is C16H17N3O3. The molecular weight excluding hydrogens is 282 g/mol. The summed E-state index contributed by atoms with van der Waals surface area (Å²) >= 11 is 0. The first-order chi connectivity index (χ1) is 10.5. The number of benzene rings is 1. The van der Waals surface area contributed by atoms with Gasteiger partial charge >= 0.3 is 0 Å². The van der Waals surface area contributed by atoms with Gasteiger partial charge in [-0.2, -0.15) is 0 Å². The van der Waals surface area contributed by atoms with E-state index in [1.807, 2.05) is 0 Å². The summed E-state index contributed by atoms with van der Waals surface area (Å²) in [5, 5.41) is 5.33. The molecule has 0 fully saturated rings. The van der Waals surface area contributed by atoms with E-state index >= 15 is 0 Å². The second kappa shape index (κ2) is 6.71. The Morgan fingerprint density at radius 3 is 2.45 bits per heavy atom. The average Bonchev–Trinajstić information content (AvgIpc) is 2.48. The molecule has 1 aromatic heterocycles. The number of pyridine rings is 1. The number of rotatable bonds is 4. The van der Waals surface area contributed by atoms with Crippen molar-refractivity contribution in [1.82, 2.24) is 9.88 Å². The maximum atomic E-state index is 12.0. The quantitative estimate of drug-likeness (QED) is 0.892. The third kappa shape index (κ3) is 3.82. The molecule has 0 aliphatic carbocycles. The molecule has 1 aromatic carbocycles. The van der Waals surface area contributed by atoms with Gasteiger partial charge in [-0.1, -0.05) is 6.07 Å². The normalized spacial score (nSPS) is 10.1. The van der Waals surface area contributed by atoms with Gasteiger partial charge in [0.15, 0.2) is 0 Å². The van der Waals surface area contributed by atoms with E-state index in [0.29, 0.717) is 16.8 Å². The van der Waals surface area contributed by atoms with Crippen molar-refractivity contribution in [1.29, 1.82) is 0 Å². The summed E-state index contributed by atoms with van der Waals surface area (Å²) in [4.78, 5) is 34.8. The van der Waals surface area contributed by atoms with Crippen LogP contribution >= 0.6 is 0 Å². The van der Waals surface area contributed by atoms with Crippen LogP contribution in [-0.4, -0.2) is 16.4 Å². The molecule has 2 amide bonds. The Kier molecular flexibility index (Phi) is 4.73. The zero-order valence-electron chi connectivity index (χ0n) is 12.4. The molecule has 22 heavy (non-hydrogen) atoms. The summed E-state index contributed by atoms with van der Waals surface area (Å²) < 4.78 is 1.46. The molecule has 6 nitrogen and oxygen atoms in total. The second-order valence-electron chi connectivity index (χ2n) is 4.89. The molecule has 1 heterocycles. The predicted molar refractivity (Wildman–Crippen MR) is 83.6 cm³/mol. The molecule has 0 aliphatic heterocycles. The van der Waals surface area contributed by atoms with Gasteiger partial charge in [-0.3, -0.25) is 14.4 Å². The van der Waals surface area contributed by atoms with Gasteiger partial charge in [0.25, 0.3) is 11.5 Å². The lowest BCUT2D eigenvalue weighted by Gasteiger charge is -2.07. The first kappa shape index (κ1) is 15.5. The van der Waals surface area contributed by atoms with E-state index in [2.05, 4.69) is 10.6 Å². The zero-order chi connectivity index (χ0) is 16.1. The van der Waals surface area contributed by atoms with E-state index < -0.39 is 0 Å². The number of carbonyl (C=O) groups excluding carboxylic acids is 2. The van der Waals surface area contributed by atoms with Gasteiger partial charge in [-0.15, -0.1) is 0 Å². The minimum absolute atomic E-state index is 0.135. The van der Waals surface area contributed by atoms with E-state index in [4.69, 9.17) is 0 Å². The minimum Gasteiger partial charge on any atom is -0.348 e. The average molecular weight is 299 g/mol. The van der Waals surface area contributed by atoms with Crippen LogP contribution in [0.2, 0.25) is 0 Å². The van der Waals surface area contributed by atoms with Crippen molar-refractivity contribution in [3.8, 4) is 0 Å². The van der Waals surface area contributed by atoms with E-state index in [-0.39, 0.29) is 23.9 Å². The van der Waals surface area contributed by atoms with Gasteiger partial charge < -0.3 is 15.2 Å². The predicted octanol–water partition coefficient (Wildman–Crippen LogP) is 1.27. The fourth-order valence-electron chi connectivity index (χ4n) is 1.97. The molecule has 0 spiro atoms. The standard InChI is InChI=1S/C16H17N3O3/c1-11(20)18-14-7-5-12(6-8-14)15(21)17-10-13-4-3-9-19(2)16(13)22/h3-9H,10H2,1-2H3,(H,17,21)(H,18,20). The molecule has 0 atom stereocenters. The Labute approximate surface area is 127 Å². The zero-order valence-corrected chi connectivity index (χ0v) is 12.4. The Balaban J connectivity index is 2.02. The van der Waals surface area contributed by atoms with E-state index in [0.717, 1.165) is 0 Å². The van der Waals surface area contributed by atoms with E-state index in [1.165, 1.54) is 11.5 Å². The lowest BCUT2D eigenvalue weighted by atomic mass is 10.2. The fraction of sp³-hybridized carbons (Fsp3) is 0.188. The van der Waals surface area contributed by atoms with Gasteiger partial charge in [0.1, 0.15) is 0 Å². The number of amides is 2.